The Kier molecular flexibility index (Phi) is 11.1. The van der Waals surface area contributed by atoms with Crippen LogP contribution in [0.3, 0.4) is 0 Å². The van der Waals surface area contributed by atoms with E-state index in [1.54, 1.807) is 41.4 Å². The Hall–Kier alpha value is -3.53. The molecule has 1 fully saturated rings. The Morgan fingerprint density at radius 3 is 2.41 bits per heavy atom. The fraction of sp³-hybridized carbons (Fsp3) is 0.406. The molecule has 1 saturated heterocycles. The topological polar surface area (TPSA) is 75.2 Å². The van der Waals surface area contributed by atoms with Gasteiger partial charge in [-0.2, -0.15) is 0 Å². The van der Waals surface area contributed by atoms with Gasteiger partial charge < -0.3 is 24.2 Å². The fourth-order valence-corrected chi connectivity index (χ4v) is 5.71. The molecule has 1 aliphatic rings. The molecular formula is C32H40N4O4S. The van der Waals surface area contributed by atoms with E-state index in [0.717, 1.165) is 58.7 Å². The van der Waals surface area contributed by atoms with Crippen LogP contribution in [-0.4, -0.2) is 86.3 Å². The lowest BCUT2D eigenvalue weighted by Crippen LogP contribution is -2.51. The standard InChI is InChI=1S/C32H40N4O4S/c1-24-30(41-25(2)33-24)14-15-31(37)36(23-27-10-12-28(13-11-27)35-17-20-40-21-18-35)29(22-26-8-6-5-7-9-26)32(38)34(3)16-19-39-4/h5-15,29H,16-23H2,1-4H3/b15-14+/t29-/m0/s1. The molecule has 8 nitrogen and oxygen atoms in total. The third-order valence-corrected chi connectivity index (χ3v) is 8.24. The number of carbonyl (C=O) groups excluding carboxylic acids is 2. The average Bonchev–Trinajstić information content (AvgIpc) is 3.33. The number of aromatic nitrogens is 1. The maximum Gasteiger partial charge on any atom is 0.247 e. The number of methoxy groups -OCH3 is 1. The summed E-state index contributed by atoms with van der Waals surface area (Å²) in [5.74, 6) is -0.343. The van der Waals surface area contributed by atoms with Crippen LogP contribution < -0.4 is 4.90 Å². The van der Waals surface area contributed by atoms with Crippen molar-refractivity contribution in [2.75, 3.05) is 58.5 Å². The second kappa shape index (κ2) is 14.9. The number of morpholine rings is 1. The molecule has 0 spiro atoms. The van der Waals surface area contributed by atoms with Crippen LogP contribution in [0.1, 0.15) is 26.7 Å². The van der Waals surface area contributed by atoms with Gasteiger partial charge in [-0.05, 0) is 43.2 Å². The molecule has 4 rings (SSSR count). The summed E-state index contributed by atoms with van der Waals surface area (Å²) in [5, 5.41) is 0.948. The molecule has 0 aliphatic carbocycles. The number of benzene rings is 2. The number of carbonyl (C=O) groups is 2. The molecule has 3 aromatic rings. The zero-order valence-electron chi connectivity index (χ0n) is 24.4. The van der Waals surface area contributed by atoms with Crippen molar-refractivity contribution in [2.45, 2.75) is 32.9 Å². The van der Waals surface area contributed by atoms with Gasteiger partial charge in [-0.25, -0.2) is 4.98 Å². The number of amides is 2. The Morgan fingerprint density at radius 1 is 1.07 bits per heavy atom. The number of rotatable bonds is 12. The maximum absolute atomic E-state index is 13.9. The number of ether oxygens (including phenoxy) is 2. The van der Waals surface area contributed by atoms with E-state index in [0.29, 0.717) is 26.1 Å². The zero-order chi connectivity index (χ0) is 29.2. The lowest BCUT2D eigenvalue weighted by molar-refractivity contribution is -0.143. The van der Waals surface area contributed by atoms with Crippen molar-refractivity contribution in [3.63, 3.8) is 0 Å². The van der Waals surface area contributed by atoms with Crippen molar-refractivity contribution >= 4 is 34.9 Å². The number of hydrogen-bond acceptors (Lipinski definition) is 7. The average molecular weight is 577 g/mol. The highest BCUT2D eigenvalue weighted by atomic mass is 32.1. The first-order chi connectivity index (χ1) is 19.9. The minimum absolute atomic E-state index is 0.123. The van der Waals surface area contributed by atoms with Gasteiger partial charge in [0, 0.05) is 58.5 Å². The largest absolute Gasteiger partial charge is 0.383 e. The van der Waals surface area contributed by atoms with E-state index in [2.05, 4.69) is 22.0 Å². The first-order valence-corrected chi connectivity index (χ1v) is 14.8. The fourth-order valence-electron chi connectivity index (χ4n) is 4.88. The van der Waals surface area contributed by atoms with Crippen molar-refractivity contribution in [2.24, 2.45) is 0 Å². The number of aryl methyl sites for hydroxylation is 2. The molecule has 2 heterocycles. The predicted octanol–water partition coefficient (Wildman–Crippen LogP) is 4.35. The Morgan fingerprint density at radius 2 is 1.78 bits per heavy atom. The lowest BCUT2D eigenvalue weighted by Gasteiger charge is -2.33. The summed E-state index contributed by atoms with van der Waals surface area (Å²) in [4.78, 5) is 38.9. The number of likely N-dealkylation sites (N-methyl/N-ethyl adjacent to an activating group) is 1. The highest BCUT2D eigenvalue weighted by molar-refractivity contribution is 7.12. The van der Waals surface area contributed by atoms with E-state index in [9.17, 15) is 9.59 Å². The van der Waals surface area contributed by atoms with E-state index in [4.69, 9.17) is 9.47 Å². The van der Waals surface area contributed by atoms with Crippen LogP contribution in [0.4, 0.5) is 5.69 Å². The minimum Gasteiger partial charge on any atom is -0.383 e. The van der Waals surface area contributed by atoms with Crippen LogP contribution in [0.2, 0.25) is 0 Å². The van der Waals surface area contributed by atoms with E-state index < -0.39 is 6.04 Å². The van der Waals surface area contributed by atoms with Gasteiger partial charge in [-0.3, -0.25) is 9.59 Å². The predicted molar refractivity (Wildman–Crippen MR) is 164 cm³/mol. The molecule has 1 aromatic heterocycles. The quantitative estimate of drug-likeness (QED) is 0.299. The Balaban J connectivity index is 1.66. The number of thiazole rings is 1. The van der Waals surface area contributed by atoms with Gasteiger partial charge in [0.15, 0.2) is 0 Å². The Labute approximate surface area is 247 Å². The Bertz CT molecular complexity index is 1300. The third kappa shape index (κ3) is 8.48. The van der Waals surface area contributed by atoms with Gasteiger partial charge in [0.1, 0.15) is 6.04 Å². The highest BCUT2D eigenvalue weighted by Crippen LogP contribution is 2.22. The molecule has 0 bridgehead atoms. The monoisotopic (exact) mass is 576 g/mol. The molecule has 1 aliphatic heterocycles. The summed E-state index contributed by atoms with van der Waals surface area (Å²) in [6, 6.07) is 17.4. The van der Waals surface area contributed by atoms with Crippen molar-refractivity contribution in [1.29, 1.82) is 0 Å². The summed E-state index contributed by atoms with van der Waals surface area (Å²) in [5.41, 5.74) is 3.96. The summed E-state index contributed by atoms with van der Waals surface area (Å²) in [6.07, 6.45) is 3.79. The van der Waals surface area contributed by atoms with Crippen LogP contribution in [0.5, 0.6) is 0 Å². The summed E-state index contributed by atoms with van der Waals surface area (Å²) >= 11 is 1.55. The van der Waals surface area contributed by atoms with Crippen LogP contribution in [0.25, 0.3) is 6.08 Å². The molecule has 9 heteroatoms. The summed E-state index contributed by atoms with van der Waals surface area (Å²) in [6.45, 7) is 8.19. The summed E-state index contributed by atoms with van der Waals surface area (Å²) in [7, 11) is 3.38. The molecule has 0 N–H and O–H groups in total. The molecule has 2 amide bonds. The molecule has 218 valence electrons. The maximum atomic E-state index is 13.9. The smallest absolute Gasteiger partial charge is 0.247 e. The van der Waals surface area contributed by atoms with E-state index in [-0.39, 0.29) is 11.8 Å². The summed E-state index contributed by atoms with van der Waals surface area (Å²) < 4.78 is 10.7. The van der Waals surface area contributed by atoms with Crippen LogP contribution >= 0.6 is 11.3 Å². The van der Waals surface area contributed by atoms with Gasteiger partial charge in [-0.15, -0.1) is 11.3 Å². The van der Waals surface area contributed by atoms with Gasteiger partial charge in [0.05, 0.1) is 35.4 Å². The van der Waals surface area contributed by atoms with E-state index in [1.165, 1.54) is 0 Å². The number of anilines is 1. The van der Waals surface area contributed by atoms with Gasteiger partial charge in [0.2, 0.25) is 11.8 Å². The normalized spacial score (nSPS) is 14.3. The van der Waals surface area contributed by atoms with Crippen LogP contribution in [0, 0.1) is 13.8 Å². The number of hydrogen-bond donors (Lipinski definition) is 0. The van der Waals surface area contributed by atoms with Crippen LogP contribution in [-0.2, 0) is 32.0 Å². The van der Waals surface area contributed by atoms with Gasteiger partial charge >= 0.3 is 0 Å². The molecule has 0 radical (unpaired) electrons. The zero-order valence-corrected chi connectivity index (χ0v) is 25.2. The molecule has 2 aromatic carbocycles. The second-order valence-corrected chi connectivity index (χ2v) is 11.4. The molecule has 1 atom stereocenters. The minimum atomic E-state index is -0.695. The van der Waals surface area contributed by atoms with Crippen molar-refractivity contribution in [3.05, 3.63) is 87.4 Å². The van der Waals surface area contributed by atoms with E-state index >= 15 is 0 Å². The van der Waals surface area contributed by atoms with E-state index in [1.807, 2.05) is 62.4 Å². The SMILES string of the molecule is COCCN(C)C(=O)[C@H](Cc1ccccc1)N(Cc1ccc(N2CCOCC2)cc1)C(=O)/C=C/c1sc(C)nc1C. The first kappa shape index (κ1) is 30.4. The van der Waals surface area contributed by atoms with Crippen molar-refractivity contribution in [3.8, 4) is 0 Å². The molecule has 41 heavy (non-hydrogen) atoms. The third-order valence-electron chi connectivity index (χ3n) is 7.21. The van der Waals surface area contributed by atoms with Crippen LogP contribution in [0.15, 0.2) is 60.7 Å². The highest BCUT2D eigenvalue weighted by Gasteiger charge is 2.31. The number of nitrogens with zero attached hydrogens (tertiary/aromatic N) is 4. The van der Waals surface area contributed by atoms with Gasteiger partial charge in [-0.1, -0.05) is 42.5 Å². The van der Waals surface area contributed by atoms with Gasteiger partial charge in [0.25, 0.3) is 0 Å². The lowest BCUT2D eigenvalue weighted by atomic mass is 10.0. The molecule has 0 unspecified atom stereocenters. The van der Waals surface area contributed by atoms with Crippen molar-refractivity contribution in [1.82, 2.24) is 14.8 Å². The second-order valence-electron chi connectivity index (χ2n) is 10.2. The molecule has 0 saturated carbocycles. The molecular weight excluding hydrogens is 536 g/mol. The van der Waals surface area contributed by atoms with Crippen molar-refractivity contribution < 1.29 is 19.1 Å². The first-order valence-electron chi connectivity index (χ1n) is 14.0.